The Labute approximate surface area is 124 Å². The molecule has 0 fully saturated rings. The molecule has 108 valence electrons. The lowest BCUT2D eigenvalue weighted by molar-refractivity contribution is 0.327. The molecule has 0 atom stereocenters. The number of rotatable bonds is 7. The van der Waals surface area contributed by atoms with Gasteiger partial charge in [0, 0.05) is 12.6 Å². The molecular weight excluding hydrogens is 266 g/mol. The van der Waals surface area contributed by atoms with Crippen LogP contribution in [0.4, 0.5) is 5.69 Å². The highest BCUT2D eigenvalue weighted by Gasteiger charge is 1.98. The van der Waals surface area contributed by atoms with Crippen molar-refractivity contribution in [1.82, 2.24) is 4.98 Å². The first-order valence-electron chi connectivity index (χ1n) is 6.73. The van der Waals surface area contributed by atoms with Crippen LogP contribution in [0, 0.1) is 11.3 Å². The lowest BCUT2D eigenvalue weighted by atomic mass is 10.2. The Balaban J connectivity index is 1.86. The summed E-state index contributed by atoms with van der Waals surface area (Å²) in [6.45, 7) is 3.29. The smallest absolute Gasteiger partial charge is 0.213 e. The molecule has 0 amide bonds. The van der Waals surface area contributed by atoms with Crippen LogP contribution >= 0.6 is 0 Å². The highest BCUT2D eigenvalue weighted by atomic mass is 16.5. The lowest BCUT2D eigenvalue weighted by Crippen LogP contribution is -2.01. The van der Waals surface area contributed by atoms with Gasteiger partial charge in [0.2, 0.25) is 5.88 Å². The molecule has 0 aliphatic carbocycles. The minimum absolute atomic E-state index is 0.0649. The number of nitrogens with zero attached hydrogens (tertiary/aromatic N) is 2. The first-order valence-corrected chi connectivity index (χ1v) is 6.73. The third kappa shape index (κ3) is 4.69. The zero-order valence-electron chi connectivity index (χ0n) is 11.9. The molecule has 5 heteroatoms. The van der Waals surface area contributed by atoms with Crippen LogP contribution in [0.1, 0.15) is 12.5 Å². The number of pyridine rings is 1. The fourth-order valence-corrected chi connectivity index (χ4v) is 1.74. The quantitative estimate of drug-likeness (QED) is 0.846. The summed E-state index contributed by atoms with van der Waals surface area (Å²) in [5.41, 5.74) is 2.05. The largest absolute Gasteiger partial charge is 0.479 e. The molecule has 1 heterocycles. The van der Waals surface area contributed by atoms with Crippen LogP contribution in [-0.2, 0) is 6.54 Å². The number of anilines is 1. The van der Waals surface area contributed by atoms with Gasteiger partial charge in [0.25, 0.3) is 0 Å². The Morgan fingerprint density at radius 3 is 2.57 bits per heavy atom. The number of hydrogen-bond donors (Lipinski definition) is 1. The summed E-state index contributed by atoms with van der Waals surface area (Å²) in [6, 6.07) is 13.3. The summed E-state index contributed by atoms with van der Waals surface area (Å²) in [6.07, 6.45) is 1.75. The summed E-state index contributed by atoms with van der Waals surface area (Å²) in [5.74, 6) is 1.32. The van der Waals surface area contributed by atoms with Gasteiger partial charge in [0.1, 0.15) is 11.8 Å². The van der Waals surface area contributed by atoms with Crippen LogP contribution in [0.5, 0.6) is 11.6 Å². The molecule has 0 bridgehead atoms. The molecule has 1 N–H and O–H groups in total. The normalized spacial score (nSPS) is 9.71. The third-order valence-electron chi connectivity index (χ3n) is 2.75. The van der Waals surface area contributed by atoms with Crippen LogP contribution in [-0.4, -0.2) is 18.2 Å². The van der Waals surface area contributed by atoms with Gasteiger partial charge in [-0.15, -0.1) is 0 Å². The van der Waals surface area contributed by atoms with E-state index in [1.54, 1.807) is 6.20 Å². The number of nitriles is 1. The molecular formula is C16H17N3O2. The Bertz CT molecular complexity index is 588. The van der Waals surface area contributed by atoms with Crippen molar-refractivity contribution >= 4 is 5.69 Å². The van der Waals surface area contributed by atoms with Crippen molar-refractivity contribution in [3.05, 3.63) is 48.2 Å². The first kappa shape index (κ1) is 14.7. The summed E-state index contributed by atoms with van der Waals surface area (Å²) in [5, 5.41) is 11.7. The molecule has 0 unspecified atom stereocenters. The molecule has 2 rings (SSSR count). The second-order valence-electron chi connectivity index (χ2n) is 4.26. The highest BCUT2D eigenvalue weighted by molar-refractivity contribution is 5.43. The number of ether oxygens (including phenoxy) is 2. The van der Waals surface area contributed by atoms with E-state index in [-0.39, 0.29) is 6.61 Å². The zero-order valence-corrected chi connectivity index (χ0v) is 11.9. The fourth-order valence-electron chi connectivity index (χ4n) is 1.74. The second-order valence-corrected chi connectivity index (χ2v) is 4.26. The van der Waals surface area contributed by atoms with Crippen molar-refractivity contribution in [2.45, 2.75) is 13.5 Å². The number of aromatic nitrogens is 1. The molecule has 2 aromatic rings. The first-order chi connectivity index (χ1) is 10.3. The van der Waals surface area contributed by atoms with Crippen LogP contribution in [0.25, 0.3) is 0 Å². The molecule has 21 heavy (non-hydrogen) atoms. The molecule has 0 saturated carbocycles. The molecule has 0 spiro atoms. The second kappa shape index (κ2) is 7.75. The molecule has 1 aromatic carbocycles. The Hall–Kier alpha value is -2.74. The number of benzene rings is 1. The van der Waals surface area contributed by atoms with E-state index >= 15 is 0 Å². The van der Waals surface area contributed by atoms with E-state index in [0.29, 0.717) is 24.8 Å². The maximum Gasteiger partial charge on any atom is 0.213 e. The van der Waals surface area contributed by atoms with Crippen molar-refractivity contribution < 1.29 is 9.47 Å². The van der Waals surface area contributed by atoms with Crippen molar-refractivity contribution in [1.29, 1.82) is 5.26 Å². The van der Waals surface area contributed by atoms with Gasteiger partial charge in [0.15, 0.2) is 6.61 Å². The summed E-state index contributed by atoms with van der Waals surface area (Å²) >= 11 is 0. The Kier molecular flexibility index (Phi) is 5.41. The van der Waals surface area contributed by atoms with Gasteiger partial charge >= 0.3 is 0 Å². The maximum atomic E-state index is 8.45. The van der Waals surface area contributed by atoms with Crippen molar-refractivity contribution in [2.75, 3.05) is 18.5 Å². The highest BCUT2D eigenvalue weighted by Crippen LogP contribution is 2.15. The summed E-state index contributed by atoms with van der Waals surface area (Å²) in [4.78, 5) is 4.19. The van der Waals surface area contributed by atoms with Gasteiger partial charge in [-0.25, -0.2) is 4.98 Å². The van der Waals surface area contributed by atoms with Gasteiger partial charge in [-0.05, 0) is 30.7 Å². The van der Waals surface area contributed by atoms with E-state index in [4.69, 9.17) is 14.7 Å². The van der Waals surface area contributed by atoms with Gasteiger partial charge in [-0.2, -0.15) is 5.26 Å². The standard InChI is InChI=1S/C16H17N3O2/c1-2-20-16-8-5-14(12-19-16)18-11-13-3-6-15(7-4-13)21-10-9-17/h3-8,12,18H,2,10-11H2,1H3. The van der Waals surface area contributed by atoms with Crippen LogP contribution in [0.2, 0.25) is 0 Å². The average molecular weight is 283 g/mol. The van der Waals surface area contributed by atoms with Crippen LogP contribution in [0.15, 0.2) is 42.6 Å². The molecule has 5 nitrogen and oxygen atoms in total. The van der Waals surface area contributed by atoms with E-state index in [9.17, 15) is 0 Å². The number of nitrogens with one attached hydrogen (secondary N) is 1. The Morgan fingerprint density at radius 2 is 1.95 bits per heavy atom. The molecule has 0 aliphatic rings. The van der Waals surface area contributed by atoms with Crippen molar-refractivity contribution in [2.24, 2.45) is 0 Å². The lowest BCUT2D eigenvalue weighted by Gasteiger charge is -2.08. The fraction of sp³-hybridized carbons (Fsp3) is 0.250. The van der Waals surface area contributed by atoms with Crippen LogP contribution in [0.3, 0.4) is 0 Å². The predicted octanol–water partition coefficient (Wildman–Crippen LogP) is 2.99. The zero-order chi connectivity index (χ0) is 14.9. The van der Waals surface area contributed by atoms with E-state index in [1.165, 1.54) is 0 Å². The molecule has 1 aromatic heterocycles. The van der Waals surface area contributed by atoms with Gasteiger partial charge in [-0.1, -0.05) is 12.1 Å². The summed E-state index contributed by atoms with van der Waals surface area (Å²) < 4.78 is 10.5. The van der Waals surface area contributed by atoms with E-state index in [2.05, 4.69) is 10.3 Å². The number of hydrogen-bond acceptors (Lipinski definition) is 5. The van der Waals surface area contributed by atoms with E-state index < -0.39 is 0 Å². The monoisotopic (exact) mass is 283 g/mol. The minimum atomic E-state index is 0.0649. The van der Waals surface area contributed by atoms with Gasteiger partial charge < -0.3 is 14.8 Å². The van der Waals surface area contributed by atoms with E-state index in [1.807, 2.05) is 49.4 Å². The van der Waals surface area contributed by atoms with Crippen molar-refractivity contribution in [3.8, 4) is 17.7 Å². The predicted molar refractivity (Wildman–Crippen MR) is 80.3 cm³/mol. The van der Waals surface area contributed by atoms with Crippen LogP contribution < -0.4 is 14.8 Å². The SMILES string of the molecule is CCOc1ccc(NCc2ccc(OCC#N)cc2)cn1. The molecule has 0 aliphatic heterocycles. The topological polar surface area (TPSA) is 67.2 Å². The van der Waals surface area contributed by atoms with E-state index in [0.717, 1.165) is 11.3 Å². The molecule has 0 saturated heterocycles. The van der Waals surface area contributed by atoms with Gasteiger partial charge in [0.05, 0.1) is 18.5 Å². The summed E-state index contributed by atoms with van der Waals surface area (Å²) in [7, 11) is 0. The minimum Gasteiger partial charge on any atom is -0.479 e. The average Bonchev–Trinajstić information content (AvgIpc) is 2.53. The maximum absolute atomic E-state index is 8.45. The Morgan fingerprint density at radius 1 is 1.14 bits per heavy atom. The van der Waals surface area contributed by atoms with Crippen molar-refractivity contribution in [3.63, 3.8) is 0 Å². The third-order valence-corrected chi connectivity index (χ3v) is 2.75. The van der Waals surface area contributed by atoms with Gasteiger partial charge in [-0.3, -0.25) is 0 Å². The molecule has 0 radical (unpaired) electrons.